The normalized spacial score (nSPS) is 13.6. The van der Waals surface area contributed by atoms with Crippen LogP contribution >= 0.6 is 0 Å². The number of unbranched alkanes of at least 4 members (excludes halogenated alkanes) is 18. The van der Waals surface area contributed by atoms with Crippen molar-refractivity contribution in [2.24, 2.45) is 0 Å². The van der Waals surface area contributed by atoms with Crippen molar-refractivity contribution in [3.63, 3.8) is 0 Å². The van der Waals surface area contributed by atoms with Crippen LogP contribution in [-0.2, 0) is 4.79 Å². The minimum absolute atomic E-state index is 0.0831. The molecule has 2 atom stereocenters. The van der Waals surface area contributed by atoms with Gasteiger partial charge in [0, 0.05) is 6.42 Å². The third kappa shape index (κ3) is 28.0. The van der Waals surface area contributed by atoms with Crippen LogP contribution < -0.4 is 5.32 Å². The Morgan fingerprint density at radius 3 is 1.51 bits per heavy atom. The SMILES string of the molecule is CCCCCC/C=C/CC/C=C/[C@@H](O)[C@H](CO)NC(=O)CCCCCCCCC/C=C/CCCCCCCC. The molecule has 0 saturated heterocycles. The smallest absolute Gasteiger partial charge is 0.220 e. The number of hydrogen-bond donors (Lipinski definition) is 3. The van der Waals surface area contributed by atoms with E-state index in [-0.39, 0.29) is 12.5 Å². The lowest BCUT2D eigenvalue weighted by Gasteiger charge is -2.19. The second-order valence-electron chi connectivity index (χ2n) is 11.2. The Morgan fingerprint density at radius 1 is 0.590 bits per heavy atom. The highest BCUT2D eigenvalue weighted by Gasteiger charge is 2.17. The van der Waals surface area contributed by atoms with Crippen LogP contribution in [0, 0.1) is 0 Å². The molecule has 4 nitrogen and oxygen atoms in total. The summed E-state index contributed by atoms with van der Waals surface area (Å²) in [7, 11) is 0. The first-order chi connectivity index (χ1) is 19.2. The number of aliphatic hydroxyl groups is 2. The monoisotopic (exact) mass is 547 g/mol. The number of aliphatic hydroxyl groups excluding tert-OH is 2. The molecule has 228 valence electrons. The number of nitrogens with one attached hydrogen (secondary N) is 1. The van der Waals surface area contributed by atoms with Crippen molar-refractivity contribution >= 4 is 5.91 Å². The van der Waals surface area contributed by atoms with E-state index >= 15 is 0 Å². The number of allylic oxidation sites excluding steroid dienone is 5. The van der Waals surface area contributed by atoms with E-state index in [9.17, 15) is 15.0 Å². The Balaban J connectivity index is 3.67. The molecule has 0 aliphatic carbocycles. The van der Waals surface area contributed by atoms with Gasteiger partial charge < -0.3 is 15.5 Å². The van der Waals surface area contributed by atoms with Crippen molar-refractivity contribution in [1.82, 2.24) is 5.32 Å². The van der Waals surface area contributed by atoms with Gasteiger partial charge in [0.15, 0.2) is 0 Å². The van der Waals surface area contributed by atoms with Crippen LogP contribution in [-0.4, -0.2) is 34.9 Å². The largest absolute Gasteiger partial charge is 0.394 e. The molecule has 0 rings (SSSR count). The molecule has 39 heavy (non-hydrogen) atoms. The van der Waals surface area contributed by atoms with Crippen molar-refractivity contribution < 1.29 is 15.0 Å². The topological polar surface area (TPSA) is 69.6 Å². The molecule has 0 radical (unpaired) electrons. The molecule has 0 spiro atoms. The average Bonchev–Trinajstić information content (AvgIpc) is 2.94. The van der Waals surface area contributed by atoms with Gasteiger partial charge in [-0.05, 0) is 57.8 Å². The molecule has 0 aromatic carbocycles. The number of carbonyl (C=O) groups excluding carboxylic acids is 1. The molecule has 0 aliphatic rings. The fraction of sp³-hybridized carbons (Fsp3) is 0.800. The maximum Gasteiger partial charge on any atom is 0.220 e. The summed E-state index contributed by atoms with van der Waals surface area (Å²) in [5.74, 6) is -0.0831. The minimum atomic E-state index is -0.859. The first kappa shape index (κ1) is 37.6. The van der Waals surface area contributed by atoms with Gasteiger partial charge in [0.25, 0.3) is 0 Å². The summed E-state index contributed by atoms with van der Waals surface area (Å²) in [6.07, 6.45) is 39.4. The van der Waals surface area contributed by atoms with Crippen molar-refractivity contribution in [3.05, 3.63) is 36.5 Å². The lowest BCUT2D eigenvalue weighted by molar-refractivity contribution is -0.123. The predicted molar refractivity (Wildman–Crippen MR) is 170 cm³/mol. The molecule has 0 heterocycles. The summed E-state index contributed by atoms with van der Waals surface area (Å²) in [6, 6.07) is -0.636. The van der Waals surface area contributed by atoms with Gasteiger partial charge in [0.2, 0.25) is 5.91 Å². The Labute approximate surface area is 242 Å². The fourth-order valence-corrected chi connectivity index (χ4v) is 4.71. The highest BCUT2D eigenvalue weighted by atomic mass is 16.3. The first-order valence-corrected chi connectivity index (χ1v) is 16.7. The van der Waals surface area contributed by atoms with Crippen molar-refractivity contribution in [3.8, 4) is 0 Å². The van der Waals surface area contributed by atoms with Crippen LogP contribution in [0.15, 0.2) is 36.5 Å². The fourth-order valence-electron chi connectivity index (χ4n) is 4.71. The van der Waals surface area contributed by atoms with Crippen molar-refractivity contribution in [2.75, 3.05) is 6.61 Å². The summed E-state index contributed by atoms with van der Waals surface area (Å²) in [4.78, 5) is 12.2. The van der Waals surface area contributed by atoms with E-state index in [1.54, 1.807) is 6.08 Å². The summed E-state index contributed by atoms with van der Waals surface area (Å²) >= 11 is 0. The molecule has 0 bridgehead atoms. The van der Waals surface area contributed by atoms with Crippen LogP contribution in [0.2, 0.25) is 0 Å². The molecular formula is C35H65NO3. The van der Waals surface area contributed by atoms with Gasteiger partial charge in [0.05, 0.1) is 18.8 Å². The van der Waals surface area contributed by atoms with Crippen LogP contribution in [0.3, 0.4) is 0 Å². The molecule has 4 heteroatoms. The Bertz CT molecular complexity index is 599. The minimum Gasteiger partial charge on any atom is -0.394 e. The Kier molecular flexibility index (Phi) is 30.0. The highest BCUT2D eigenvalue weighted by Crippen LogP contribution is 2.12. The third-order valence-corrected chi connectivity index (χ3v) is 7.35. The second-order valence-corrected chi connectivity index (χ2v) is 11.2. The third-order valence-electron chi connectivity index (χ3n) is 7.35. The van der Waals surface area contributed by atoms with Crippen molar-refractivity contribution in [2.45, 2.75) is 174 Å². The molecule has 0 aromatic heterocycles. The Morgan fingerprint density at radius 2 is 1.00 bits per heavy atom. The van der Waals surface area contributed by atoms with Gasteiger partial charge in [-0.2, -0.15) is 0 Å². The summed E-state index contributed by atoms with van der Waals surface area (Å²) in [6.45, 7) is 4.23. The maximum atomic E-state index is 12.2. The zero-order chi connectivity index (χ0) is 28.7. The van der Waals surface area contributed by atoms with E-state index in [0.717, 1.165) is 32.1 Å². The molecular weight excluding hydrogens is 482 g/mol. The first-order valence-electron chi connectivity index (χ1n) is 16.7. The van der Waals surface area contributed by atoms with Gasteiger partial charge in [-0.3, -0.25) is 4.79 Å². The van der Waals surface area contributed by atoms with E-state index in [0.29, 0.717) is 6.42 Å². The number of amides is 1. The number of rotatable bonds is 29. The molecule has 1 amide bonds. The van der Waals surface area contributed by atoms with E-state index in [4.69, 9.17) is 0 Å². The van der Waals surface area contributed by atoms with Gasteiger partial charge >= 0.3 is 0 Å². The molecule has 0 unspecified atom stereocenters. The van der Waals surface area contributed by atoms with E-state index < -0.39 is 12.1 Å². The zero-order valence-electron chi connectivity index (χ0n) is 25.9. The van der Waals surface area contributed by atoms with Crippen LogP contribution in [0.5, 0.6) is 0 Å². The average molecular weight is 548 g/mol. The van der Waals surface area contributed by atoms with E-state index in [2.05, 4.69) is 43.5 Å². The second kappa shape index (κ2) is 31.1. The van der Waals surface area contributed by atoms with Gasteiger partial charge in [-0.25, -0.2) is 0 Å². The lowest BCUT2D eigenvalue weighted by Crippen LogP contribution is -2.45. The molecule has 0 aromatic rings. The number of hydrogen-bond acceptors (Lipinski definition) is 3. The maximum absolute atomic E-state index is 12.2. The van der Waals surface area contributed by atoms with Gasteiger partial charge in [-0.1, -0.05) is 134 Å². The molecule has 3 N–H and O–H groups in total. The van der Waals surface area contributed by atoms with Crippen LogP contribution in [0.4, 0.5) is 0 Å². The van der Waals surface area contributed by atoms with Crippen molar-refractivity contribution in [1.29, 1.82) is 0 Å². The summed E-state index contributed by atoms with van der Waals surface area (Å²) in [5, 5.41) is 22.7. The molecule has 0 fully saturated rings. The zero-order valence-corrected chi connectivity index (χ0v) is 25.9. The van der Waals surface area contributed by atoms with Crippen LogP contribution in [0.25, 0.3) is 0 Å². The molecule has 0 aliphatic heterocycles. The quantitative estimate of drug-likeness (QED) is 0.0645. The predicted octanol–water partition coefficient (Wildman–Crippen LogP) is 9.51. The highest BCUT2D eigenvalue weighted by molar-refractivity contribution is 5.76. The lowest BCUT2D eigenvalue weighted by atomic mass is 10.1. The molecule has 0 saturated carbocycles. The standard InChI is InChI=1S/C35H65NO3/c1-3-5-7-9-11-13-15-16-17-18-19-20-21-23-25-27-29-31-35(39)36-33(32-37)34(38)30-28-26-24-22-14-12-10-8-6-4-2/h14,16-17,22,28,30,33-34,37-38H,3-13,15,18-21,23-27,29,31-32H2,1-2H3,(H,36,39)/b17-16+,22-14+,30-28+/t33-,34+/m0/s1. The van der Waals surface area contributed by atoms with Gasteiger partial charge in [0.1, 0.15) is 0 Å². The summed E-state index contributed by atoms with van der Waals surface area (Å²) in [5.41, 5.74) is 0. The van der Waals surface area contributed by atoms with Gasteiger partial charge in [-0.15, -0.1) is 0 Å². The van der Waals surface area contributed by atoms with Crippen LogP contribution in [0.1, 0.15) is 162 Å². The Hall–Kier alpha value is -1.39. The summed E-state index contributed by atoms with van der Waals surface area (Å²) < 4.78 is 0. The van der Waals surface area contributed by atoms with E-state index in [1.807, 2.05) is 6.08 Å². The van der Waals surface area contributed by atoms with E-state index in [1.165, 1.54) is 109 Å². The number of carbonyl (C=O) groups is 1.